The summed E-state index contributed by atoms with van der Waals surface area (Å²) in [5.41, 5.74) is 2.82. The van der Waals surface area contributed by atoms with Crippen molar-refractivity contribution in [3.8, 4) is 5.75 Å². The van der Waals surface area contributed by atoms with E-state index in [1.54, 1.807) is 17.6 Å². The summed E-state index contributed by atoms with van der Waals surface area (Å²) < 4.78 is 6.38. The molecule has 0 bridgehead atoms. The van der Waals surface area contributed by atoms with Crippen molar-refractivity contribution in [2.75, 3.05) is 14.2 Å². The minimum Gasteiger partial charge on any atom is -0.497 e. The molecule has 0 spiro atoms. The highest BCUT2D eigenvalue weighted by molar-refractivity contribution is 9.10. The van der Waals surface area contributed by atoms with E-state index in [-0.39, 0.29) is 6.04 Å². The molecule has 4 heteroatoms. The third kappa shape index (κ3) is 3.03. The number of nitrogens with one attached hydrogen (secondary N) is 1. The first-order valence-electron chi connectivity index (χ1n) is 7.35. The Hall–Kier alpha value is -0.840. The van der Waals surface area contributed by atoms with Crippen LogP contribution in [0.2, 0.25) is 0 Å². The first kappa shape index (κ1) is 15.1. The molecule has 1 heterocycles. The lowest BCUT2D eigenvalue weighted by Gasteiger charge is -2.17. The topological polar surface area (TPSA) is 21.3 Å². The average Bonchev–Trinajstić information content (AvgIpc) is 2.93. The SMILES string of the molecule is CNC(c1cc2c(s1)CCCC2)c1ccc(OC)cc1Br. The number of thiophene rings is 1. The van der Waals surface area contributed by atoms with Crippen molar-refractivity contribution in [2.45, 2.75) is 31.7 Å². The van der Waals surface area contributed by atoms with E-state index in [4.69, 9.17) is 4.74 Å². The minimum atomic E-state index is 0.237. The number of halogens is 1. The Kier molecular flexibility index (Phi) is 4.67. The van der Waals surface area contributed by atoms with Gasteiger partial charge in [-0.1, -0.05) is 22.0 Å². The van der Waals surface area contributed by atoms with Crippen molar-refractivity contribution in [3.05, 3.63) is 49.6 Å². The van der Waals surface area contributed by atoms with Crippen LogP contribution in [0.15, 0.2) is 28.7 Å². The highest BCUT2D eigenvalue weighted by atomic mass is 79.9. The van der Waals surface area contributed by atoms with Gasteiger partial charge in [-0.2, -0.15) is 0 Å². The van der Waals surface area contributed by atoms with Gasteiger partial charge in [-0.25, -0.2) is 0 Å². The second-order valence-corrected chi connectivity index (χ2v) is 7.44. The lowest BCUT2D eigenvalue weighted by Crippen LogP contribution is -2.17. The summed E-state index contributed by atoms with van der Waals surface area (Å²) in [4.78, 5) is 3.00. The third-order valence-corrected chi connectivity index (χ3v) is 6.10. The third-order valence-electron chi connectivity index (χ3n) is 4.11. The molecule has 0 fully saturated rings. The standard InChI is InChI=1S/C17H20BrNOS/c1-19-17(13-8-7-12(20-2)10-14(13)18)16-9-11-5-3-4-6-15(11)21-16/h7-10,17,19H,3-6H2,1-2H3. The van der Waals surface area contributed by atoms with Crippen LogP contribution in [0.4, 0.5) is 0 Å². The average molecular weight is 366 g/mol. The molecule has 0 radical (unpaired) electrons. The quantitative estimate of drug-likeness (QED) is 0.846. The Balaban J connectivity index is 1.96. The van der Waals surface area contributed by atoms with E-state index in [1.807, 2.05) is 30.5 Å². The number of aryl methyl sites for hydroxylation is 2. The Labute approximate surface area is 138 Å². The summed E-state index contributed by atoms with van der Waals surface area (Å²) >= 11 is 5.65. The zero-order valence-corrected chi connectivity index (χ0v) is 14.8. The molecule has 2 nitrogen and oxygen atoms in total. The Morgan fingerprint density at radius 3 is 2.71 bits per heavy atom. The molecule has 1 aliphatic rings. The maximum atomic E-state index is 5.29. The fraction of sp³-hybridized carbons (Fsp3) is 0.412. The predicted octanol–water partition coefficient (Wildman–Crippen LogP) is 4.71. The molecule has 112 valence electrons. The van der Waals surface area contributed by atoms with Gasteiger partial charge in [0.05, 0.1) is 13.2 Å². The van der Waals surface area contributed by atoms with Gasteiger partial charge in [-0.15, -0.1) is 11.3 Å². The fourth-order valence-electron chi connectivity index (χ4n) is 2.98. The van der Waals surface area contributed by atoms with Gasteiger partial charge in [0, 0.05) is 14.2 Å². The van der Waals surface area contributed by atoms with Crippen LogP contribution >= 0.6 is 27.3 Å². The summed E-state index contributed by atoms with van der Waals surface area (Å²) in [5.74, 6) is 0.881. The molecule has 0 aliphatic heterocycles. The van der Waals surface area contributed by atoms with Gasteiger partial charge in [0.25, 0.3) is 0 Å². The van der Waals surface area contributed by atoms with Gasteiger partial charge in [0.1, 0.15) is 5.75 Å². The molecule has 1 N–H and O–H groups in total. The van der Waals surface area contributed by atoms with Crippen molar-refractivity contribution in [1.29, 1.82) is 0 Å². The number of hydrogen-bond donors (Lipinski definition) is 1. The van der Waals surface area contributed by atoms with Crippen LogP contribution in [0.1, 0.15) is 39.8 Å². The van der Waals surface area contributed by atoms with Gasteiger partial charge in [-0.3, -0.25) is 0 Å². The smallest absolute Gasteiger partial charge is 0.120 e. The number of fused-ring (bicyclic) bond motifs is 1. The van der Waals surface area contributed by atoms with Gasteiger partial charge in [0.2, 0.25) is 0 Å². The fourth-order valence-corrected chi connectivity index (χ4v) is 4.95. The zero-order chi connectivity index (χ0) is 14.8. The second kappa shape index (κ2) is 6.51. The van der Waals surface area contributed by atoms with Crippen molar-refractivity contribution in [3.63, 3.8) is 0 Å². The van der Waals surface area contributed by atoms with Crippen molar-refractivity contribution >= 4 is 27.3 Å². The van der Waals surface area contributed by atoms with Crippen molar-refractivity contribution in [1.82, 2.24) is 5.32 Å². The van der Waals surface area contributed by atoms with Gasteiger partial charge >= 0.3 is 0 Å². The number of methoxy groups -OCH3 is 1. The number of ether oxygens (including phenoxy) is 1. The van der Waals surface area contributed by atoms with E-state index in [0.29, 0.717) is 0 Å². The van der Waals surface area contributed by atoms with Gasteiger partial charge < -0.3 is 10.1 Å². The van der Waals surface area contributed by atoms with Crippen molar-refractivity contribution < 1.29 is 4.74 Å². The molecule has 0 saturated carbocycles. The van der Waals surface area contributed by atoms with Crippen LogP contribution < -0.4 is 10.1 Å². The van der Waals surface area contributed by atoms with E-state index >= 15 is 0 Å². The van der Waals surface area contributed by atoms with Crippen LogP contribution in [-0.4, -0.2) is 14.2 Å². The predicted molar refractivity (Wildman–Crippen MR) is 92.6 cm³/mol. The number of hydrogen-bond acceptors (Lipinski definition) is 3. The lowest BCUT2D eigenvalue weighted by molar-refractivity contribution is 0.414. The summed E-state index contributed by atoms with van der Waals surface area (Å²) in [7, 11) is 3.73. The largest absolute Gasteiger partial charge is 0.497 e. The molecule has 1 aromatic heterocycles. The maximum absolute atomic E-state index is 5.29. The first-order chi connectivity index (χ1) is 10.2. The van der Waals surface area contributed by atoms with Crippen LogP contribution in [0.5, 0.6) is 5.75 Å². The first-order valence-corrected chi connectivity index (χ1v) is 8.96. The molecular weight excluding hydrogens is 346 g/mol. The van der Waals surface area contributed by atoms with E-state index < -0.39 is 0 Å². The molecule has 3 rings (SSSR count). The zero-order valence-electron chi connectivity index (χ0n) is 12.4. The highest BCUT2D eigenvalue weighted by Crippen LogP contribution is 2.38. The van der Waals surface area contributed by atoms with E-state index in [0.717, 1.165) is 10.2 Å². The number of benzene rings is 1. The Morgan fingerprint density at radius 1 is 1.24 bits per heavy atom. The van der Waals surface area contributed by atoms with Crippen LogP contribution in [-0.2, 0) is 12.8 Å². The summed E-state index contributed by atoms with van der Waals surface area (Å²) in [6.45, 7) is 0. The molecular formula is C17H20BrNOS. The second-order valence-electron chi connectivity index (χ2n) is 5.41. The molecule has 1 aliphatic carbocycles. The van der Waals surface area contributed by atoms with Gasteiger partial charge in [0.15, 0.2) is 0 Å². The van der Waals surface area contributed by atoms with Crippen LogP contribution in [0.25, 0.3) is 0 Å². The van der Waals surface area contributed by atoms with E-state index in [1.165, 1.54) is 36.1 Å². The molecule has 1 unspecified atom stereocenters. The minimum absolute atomic E-state index is 0.237. The molecule has 0 saturated heterocycles. The molecule has 2 aromatic rings. The molecule has 0 amide bonds. The Bertz CT molecular complexity index is 614. The summed E-state index contributed by atoms with van der Waals surface area (Å²) in [6.07, 6.45) is 5.16. The summed E-state index contributed by atoms with van der Waals surface area (Å²) in [5, 5.41) is 3.46. The number of rotatable bonds is 4. The highest BCUT2D eigenvalue weighted by Gasteiger charge is 2.21. The van der Waals surface area contributed by atoms with E-state index in [2.05, 4.69) is 33.4 Å². The Morgan fingerprint density at radius 2 is 2.05 bits per heavy atom. The molecule has 1 atom stereocenters. The van der Waals surface area contributed by atoms with Crippen molar-refractivity contribution in [2.24, 2.45) is 0 Å². The summed E-state index contributed by atoms with van der Waals surface area (Å²) in [6, 6.07) is 8.84. The normalized spacial score (nSPS) is 15.6. The maximum Gasteiger partial charge on any atom is 0.120 e. The van der Waals surface area contributed by atoms with E-state index in [9.17, 15) is 0 Å². The molecule has 1 aromatic carbocycles. The lowest BCUT2D eigenvalue weighted by atomic mass is 9.98. The van der Waals surface area contributed by atoms with Gasteiger partial charge in [-0.05, 0) is 62.1 Å². The van der Waals surface area contributed by atoms with Crippen LogP contribution in [0, 0.1) is 0 Å². The van der Waals surface area contributed by atoms with Crippen LogP contribution in [0.3, 0.4) is 0 Å². The monoisotopic (exact) mass is 365 g/mol. The molecule has 21 heavy (non-hydrogen) atoms.